The topological polar surface area (TPSA) is 143 Å². The highest BCUT2D eigenvalue weighted by atomic mass is 79.9. The number of anilines is 1. The minimum absolute atomic E-state index is 0.00588. The summed E-state index contributed by atoms with van der Waals surface area (Å²) < 4.78 is 6.49. The molecule has 0 unspecified atom stereocenters. The Morgan fingerprint density at radius 3 is 2.29 bits per heavy atom. The first-order valence-electron chi connectivity index (χ1n) is 17.5. The number of carbonyl (C=O) groups excluding carboxylic acids is 3. The molecule has 0 spiro atoms. The lowest BCUT2D eigenvalue weighted by Crippen LogP contribution is -2.55. The molecule has 4 amide bonds. The SMILES string of the molecule is O=C(O)CC1CCC(N2CCN(C(=O)[C@@H](Cc3ccc(O)c(Br)c3)OC(=O)N3CCC(N4CCc5ccccc5NC4=O)CC3)CC2)CC1. The summed E-state index contributed by atoms with van der Waals surface area (Å²) >= 11 is 3.35. The van der Waals surface area contributed by atoms with Crippen LogP contribution in [0.2, 0.25) is 0 Å². The van der Waals surface area contributed by atoms with Gasteiger partial charge in [-0.15, -0.1) is 0 Å². The van der Waals surface area contributed by atoms with E-state index in [1.165, 1.54) is 0 Å². The van der Waals surface area contributed by atoms with Crippen LogP contribution >= 0.6 is 15.9 Å². The number of fused-ring (bicyclic) bond motifs is 1. The van der Waals surface area contributed by atoms with Crippen LogP contribution in [0, 0.1) is 5.92 Å². The van der Waals surface area contributed by atoms with Crippen molar-refractivity contribution in [2.45, 2.75) is 76.0 Å². The third kappa shape index (κ3) is 8.67. The van der Waals surface area contributed by atoms with Gasteiger partial charge in [0.15, 0.2) is 6.10 Å². The molecule has 12 nitrogen and oxygen atoms in total. The molecular formula is C36H46BrN5O7. The number of carboxylic acids is 1. The van der Waals surface area contributed by atoms with E-state index in [0.717, 1.165) is 48.9 Å². The lowest BCUT2D eigenvalue weighted by Gasteiger charge is -2.42. The highest BCUT2D eigenvalue weighted by molar-refractivity contribution is 9.10. The fraction of sp³-hybridized carbons (Fsp3) is 0.556. The van der Waals surface area contributed by atoms with Crippen molar-refractivity contribution in [1.82, 2.24) is 19.6 Å². The number of halogens is 1. The smallest absolute Gasteiger partial charge is 0.410 e. The average Bonchev–Trinajstić information content (AvgIpc) is 3.27. The number of carbonyl (C=O) groups is 4. The van der Waals surface area contributed by atoms with Gasteiger partial charge in [0, 0.05) is 76.4 Å². The molecule has 49 heavy (non-hydrogen) atoms. The van der Waals surface area contributed by atoms with Crippen molar-refractivity contribution in [2.24, 2.45) is 5.92 Å². The number of amides is 4. The number of phenols is 1. The van der Waals surface area contributed by atoms with Gasteiger partial charge >= 0.3 is 18.1 Å². The average molecular weight is 741 g/mol. The van der Waals surface area contributed by atoms with Gasteiger partial charge in [-0.05, 0) is 96.1 Å². The Bertz CT molecular complexity index is 1520. The largest absolute Gasteiger partial charge is 0.507 e. The number of piperazine rings is 1. The number of nitrogens with zero attached hydrogens (tertiary/aromatic N) is 4. The van der Waals surface area contributed by atoms with Crippen LogP contribution in [0.1, 0.15) is 56.1 Å². The van der Waals surface area contributed by atoms with Gasteiger partial charge in [-0.3, -0.25) is 14.5 Å². The third-order valence-corrected chi connectivity index (χ3v) is 11.3. The molecule has 3 N–H and O–H groups in total. The quantitative estimate of drug-likeness (QED) is 0.346. The minimum Gasteiger partial charge on any atom is -0.507 e. The van der Waals surface area contributed by atoms with Gasteiger partial charge in [0.2, 0.25) is 0 Å². The molecule has 0 aromatic heterocycles. The third-order valence-electron chi connectivity index (χ3n) is 10.7. The summed E-state index contributed by atoms with van der Waals surface area (Å²) in [5.74, 6) is -0.646. The number of ether oxygens (including phenoxy) is 1. The summed E-state index contributed by atoms with van der Waals surface area (Å²) in [5.41, 5.74) is 2.70. The number of piperidine rings is 1. The van der Waals surface area contributed by atoms with E-state index in [4.69, 9.17) is 9.84 Å². The van der Waals surface area contributed by atoms with E-state index in [2.05, 4.69) is 26.1 Å². The van der Waals surface area contributed by atoms with Gasteiger partial charge in [-0.25, -0.2) is 9.59 Å². The molecule has 3 heterocycles. The predicted molar refractivity (Wildman–Crippen MR) is 186 cm³/mol. The maximum absolute atomic E-state index is 14.0. The monoisotopic (exact) mass is 739 g/mol. The summed E-state index contributed by atoms with van der Waals surface area (Å²) in [7, 11) is 0. The first kappa shape index (κ1) is 35.0. The highest BCUT2D eigenvalue weighted by Gasteiger charge is 2.36. The van der Waals surface area contributed by atoms with Crippen molar-refractivity contribution in [2.75, 3.05) is 51.1 Å². The fourth-order valence-electron chi connectivity index (χ4n) is 7.84. The molecule has 1 saturated carbocycles. The maximum Gasteiger partial charge on any atom is 0.410 e. The van der Waals surface area contributed by atoms with Gasteiger partial charge < -0.3 is 35.0 Å². The second-order valence-electron chi connectivity index (χ2n) is 13.7. The molecule has 264 valence electrons. The van der Waals surface area contributed by atoms with Crippen LogP contribution in [0.3, 0.4) is 0 Å². The molecule has 1 aliphatic carbocycles. The second-order valence-corrected chi connectivity index (χ2v) is 14.6. The van der Waals surface area contributed by atoms with Gasteiger partial charge in [0.05, 0.1) is 4.47 Å². The van der Waals surface area contributed by atoms with E-state index in [0.29, 0.717) is 69.2 Å². The number of rotatable bonds is 8. The molecule has 3 fully saturated rings. The highest BCUT2D eigenvalue weighted by Crippen LogP contribution is 2.31. The Kier molecular flexibility index (Phi) is 11.3. The van der Waals surface area contributed by atoms with Crippen molar-refractivity contribution in [3.05, 3.63) is 58.1 Å². The van der Waals surface area contributed by atoms with E-state index in [-0.39, 0.29) is 42.5 Å². The fourth-order valence-corrected chi connectivity index (χ4v) is 8.26. The standard InChI is InChI=1S/C36H46BrN5O7/c37-29-21-25(7-10-31(29)43)22-32(34(46)40-19-17-39(18-20-40)27-8-5-24(6-9-27)23-33(44)45)49-36(48)41-14-12-28(13-15-41)42-16-11-26-3-1-2-4-30(26)38-35(42)47/h1-4,7,10,21,24,27-28,32,43H,5-6,8-9,11-20,22-23H2,(H,38,47)(H,44,45)/t24?,27?,32-/m1/s1. The Morgan fingerprint density at radius 2 is 1.59 bits per heavy atom. The summed E-state index contributed by atoms with van der Waals surface area (Å²) in [4.78, 5) is 59.4. The number of likely N-dealkylation sites (tertiary alicyclic amines) is 1. The van der Waals surface area contributed by atoms with E-state index >= 15 is 0 Å². The Balaban J connectivity index is 1.05. The molecule has 0 bridgehead atoms. The first-order valence-corrected chi connectivity index (χ1v) is 18.3. The lowest BCUT2D eigenvalue weighted by atomic mass is 9.83. The van der Waals surface area contributed by atoms with Crippen LogP contribution in [0.15, 0.2) is 46.9 Å². The summed E-state index contributed by atoms with van der Waals surface area (Å²) in [6.45, 7) is 3.92. The number of aromatic hydroxyl groups is 1. The van der Waals surface area contributed by atoms with Crippen LogP contribution in [0.25, 0.3) is 0 Å². The number of para-hydroxylation sites is 1. The van der Waals surface area contributed by atoms with Crippen LogP contribution in [0.4, 0.5) is 15.3 Å². The van der Waals surface area contributed by atoms with Crippen molar-refractivity contribution in [3.8, 4) is 5.75 Å². The minimum atomic E-state index is -1.03. The van der Waals surface area contributed by atoms with Crippen molar-refractivity contribution < 1.29 is 34.1 Å². The zero-order chi connectivity index (χ0) is 34.5. The van der Waals surface area contributed by atoms with Gasteiger partial charge in [0.1, 0.15) is 5.75 Å². The number of hydrogen-bond acceptors (Lipinski definition) is 7. The second kappa shape index (κ2) is 15.8. The van der Waals surface area contributed by atoms with Crippen molar-refractivity contribution in [3.63, 3.8) is 0 Å². The molecule has 2 aromatic carbocycles. The van der Waals surface area contributed by atoms with E-state index in [1.807, 2.05) is 29.2 Å². The molecule has 2 aromatic rings. The van der Waals surface area contributed by atoms with Gasteiger partial charge in [-0.2, -0.15) is 0 Å². The molecular weight excluding hydrogens is 694 g/mol. The number of phenolic OH excluding ortho intramolecular Hbond substituents is 1. The predicted octanol–water partition coefficient (Wildman–Crippen LogP) is 4.93. The molecule has 2 saturated heterocycles. The zero-order valence-corrected chi connectivity index (χ0v) is 29.4. The number of nitrogens with one attached hydrogen (secondary N) is 1. The van der Waals surface area contributed by atoms with Crippen LogP contribution < -0.4 is 5.32 Å². The molecule has 1 atom stereocenters. The van der Waals surface area contributed by atoms with Crippen molar-refractivity contribution >= 4 is 45.6 Å². The Hall–Kier alpha value is -3.84. The zero-order valence-electron chi connectivity index (χ0n) is 27.8. The summed E-state index contributed by atoms with van der Waals surface area (Å²) in [5, 5.41) is 22.2. The molecule has 3 aliphatic heterocycles. The molecule has 0 radical (unpaired) electrons. The number of hydrogen-bond donors (Lipinski definition) is 3. The van der Waals surface area contributed by atoms with Crippen LogP contribution in [-0.2, 0) is 27.2 Å². The normalized spacial score (nSPS) is 22.9. The molecule has 13 heteroatoms. The summed E-state index contributed by atoms with van der Waals surface area (Å²) in [6.07, 6.45) is 4.57. The number of benzene rings is 2. The van der Waals surface area contributed by atoms with E-state index in [1.54, 1.807) is 28.0 Å². The lowest BCUT2D eigenvalue weighted by molar-refractivity contribution is -0.143. The Labute approximate surface area is 295 Å². The number of carboxylic acid groups (broad SMARTS) is 1. The van der Waals surface area contributed by atoms with Crippen LogP contribution in [-0.4, -0.2) is 118 Å². The molecule has 4 aliphatic rings. The van der Waals surface area contributed by atoms with Crippen LogP contribution in [0.5, 0.6) is 5.75 Å². The van der Waals surface area contributed by atoms with Crippen molar-refractivity contribution in [1.29, 1.82) is 0 Å². The summed E-state index contributed by atoms with van der Waals surface area (Å²) in [6, 6.07) is 13.1. The maximum atomic E-state index is 14.0. The Morgan fingerprint density at radius 1 is 0.878 bits per heavy atom. The van der Waals surface area contributed by atoms with E-state index < -0.39 is 18.2 Å². The van der Waals surface area contributed by atoms with Gasteiger partial charge in [0.25, 0.3) is 5.91 Å². The number of urea groups is 1. The first-order chi connectivity index (χ1) is 23.6. The molecule has 6 rings (SSSR count). The van der Waals surface area contributed by atoms with E-state index in [9.17, 15) is 24.3 Å². The number of aliphatic carboxylic acids is 1. The van der Waals surface area contributed by atoms with Gasteiger partial charge in [-0.1, -0.05) is 24.3 Å².